The van der Waals surface area contributed by atoms with Gasteiger partial charge in [0.2, 0.25) is 0 Å². The van der Waals surface area contributed by atoms with Crippen LogP contribution in [0.4, 0.5) is 0 Å². The first kappa shape index (κ1) is 18.5. The smallest absolute Gasteiger partial charge is 0.272 e. The molecule has 2 aliphatic heterocycles. The number of carbonyl (C=O) groups is 1. The summed E-state index contributed by atoms with van der Waals surface area (Å²) in [7, 11) is 0. The highest BCUT2D eigenvalue weighted by Crippen LogP contribution is 2.27. The van der Waals surface area contributed by atoms with E-state index in [4.69, 9.17) is 10.00 Å². The molecular formula is C23H21N5O2. The Hall–Kier alpha value is -3.50. The molecule has 30 heavy (non-hydrogen) atoms. The minimum atomic E-state index is -0.126. The highest BCUT2D eigenvalue weighted by atomic mass is 16.5. The molecule has 0 aliphatic carbocycles. The van der Waals surface area contributed by atoms with E-state index in [0.29, 0.717) is 31.1 Å². The lowest BCUT2D eigenvalue weighted by Crippen LogP contribution is -2.29. The fourth-order valence-electron chi connectivity index (χ4n) is 4.03. The number of hydrogen-bond donors (Lipinski definition) is 1. The summed E-state index contributed by atoms with van der Waals surface area (Å²) in [6, 6.07) is 11.8. The number of ether oxygens (including phenoxy) is 1. The number of nitriles is 1. The predicted octanol–water partition coefficient (Wildman–Crippen LogP) is 3.41. The molecule has 3 aromatic rings. The van der Waals surface area contributed by atoms with Crippen LogP contribution in [0.5, 0.6) is 0 Å². The minimum absolute atomic E-state index is 0.0858. The zero-order valence-corrected chi connectivity index (χ0v) is 16.5. The first-order valence-corrected chi connectivity index (χ1v) is 10.1. The fourth-order valence-corrected chi connectivity index (χ4v) is 4.03. The van der Waals surface area contributed by atoms with E-state index in [0.717, 1.165) is 41.7 Å². The number of aromatic nitrogens is 3. The number of nitrogens with zero attached hydrogens (tertiary/aromatic N) is 4. The second kappa shape index (κ2) is 7.73. The maximum Gasteiger partial charge on any atom is 0.272 e. The first-order valence-electron chi connectivity index (χ1n) is 10.1. The van der Waals surface area contributed by atoms with Gasteiger partial charge in [-0.05, 0) is 42.7 Å². The summed E-state index contributed by atoms with van der Waals surface area (Å²) in [5, 5.41) is 10.1. The SMILES string of the molecule is N#CC1CCN(C(=O)c2cccc(-c3cnc4[nH]c(C5=CCOCC5)cc4c3)n2)C1. The maximum atomic E-state index is 12.8. The average Bonchev–Trinajstić information content (AvgIpc) is 3.46. The lowest BCUT2D eigenvalue weighted by molar-refractivity contribution is 0.0784. The van der Waals surface area contributed by atoms with Gasteiger partial charge in [0.1, 0.15) is 11.3 Å². The molecule has 1 N–H and O–H groups in total. The van der Waals surface area contributed by atoms with Gasteiger partial charge in [0.15, 0.2) is 0 Å². The quantitative estimate of drug-likeness (QED) is 0.728. The standard InChI is InChI=1S/C23H21N5O2/c24-12-15-4-7-28(14-15)23(29)20-3-1-2-19(26-20)18-10-17-11-21(27-22(17)25-13-18)16-5-8-30-9-6-16/h1-3,5,10-11,13,15H,4,6-9,14H2,(H,25,27). The summed E-state index contributed by atoms with van der Waals surface area (Å²) in [5.41, 5.74) is 5.10. The number of amides is 1. The lowest BCUT2D eigenvalue weighted by atomic mass is 10.1. The Balaban J connectivity index is 1.42. The molecule has 5 rings (SSSR count). The summed E-state index contributed by atoms with van der Waals surface area (Å²) in [5.74, 6) is -0.212. The summed E-state index contributed by atoms with van der Waals surface area (Å²) < 4.78 is 5.39. The molecule has 150 valence electrons. The lowest BCUT2D eigenvalue weighted by Gasteiger charge is -2.15. The average molecular weight is 399 g/mol. The number of pyridine rings is 2. The normalized spacial score (nSPS) is 19.0. The third kappa shape index (κ3) is 3.46. The van der Waals surface area contributed by atoms with Crippen LogP contribution in [0.15, 0.2) is 42.6 Å². The first-order chi connectivity index (χ1) is 14.7. The monoisotopic (exact) mass is 399 g/mol. The van der Waals surface area contributed by atoms with Crippen molar-refractivity contribution in [3.8, 4) is 17.3 Å². The van der Waals surface area contributed by atoms with Crippen molar-refractivity contribution in [3.63, 3.8) is 0 Å². The van der Waals surface area contributed by atoms with Crippen molar-refractivity contribution in [1.82, 2.24) is 19.9 Å². The van der Waals surface area contributed by atoms with E-state index in [9.17, 15) is 4.79 Å². The van der Waals surface area contributed by atoms with Gasteiger partial charge in [-0.2, -0.15) is 5.26 Å². The summed E-state index contributed by atoms with van der Waals surface area (Å²) >= 11 is 0. The van der Waals surface area contributed by atoms with Gasteiger partial charge in [0, 0.05) is 35.9 Å². The van der Waals surface area contributed by atoms with Crippen molar-refractivity contribution in [3.05, 3.63) is 54.0 Å². The van der Waals surface area contributed by atoms with E-state index in [-0.39, 0.29) is 11.8 Å². The molecule has 3 aromatic heterocycles. The molecular weight excluding hydrogens is 378 g/mol. The Bertz CT molecular complexity index is 1190. The fraction of sp³-hybridized carbons (Fsp3) is 0.304. The number of fused-ring (bicyclic) bond motifs is 1. The van der Waals surface area contributed by atoms with Gasteiger partial charge in [0.05, 0.1) is 30.9 Å². The molecule has 0 bridgehead atoms. The van der Waals surface area contributed by atoms with Gasteiger partial charge in [-0.15, -0.1) is 0 Å². The zero-order valence-electron chi connectivity index (χ0n) is 16.5. The van der Waals surface area contributed by atoms with Crippen LogP contribution in [0.1, 0.15) is 29.0 Å². The summed E-state index contributed by atoms with van der Waals surface area (Å²) in [6.07, 6.45) is 5.48. The molecule has 1 saturated heterocycles. The Labute approximate surface area is 174 Å². The Morgan fingerprint density at radius 3 is 3.07 bits per heavy atom. The highest BCUT2D eigenvalue weighted by Gasteiger charge is 2.27. The number of likely N-dealkylation sites (tertiary alicyclic amines) is 1. The molecule has 1 atom stereocenters. The van der Waals surface area contributed by atoms with Gasteiger partial charge in [-0.25, -0.2) is 9.97 Å². The van der Waals surface area contributed by atoms with Gasteiger partial charge >= 0.3 is 0 Å². The molecule has 0 radical (unpaired) electrons. The van der Waals surface area contributed by atoms with E-state index in [1.807, 2.05) is 18.2 Å². The molecule has 0 aromatic carbocycles. The minimum Gasteiger partial charge on any atom is -0.377 e. The molecule has 1 amide bonds. The summed E-state index contributed by atoms with van der Waals surface area (Å²) in [4.78, 5) is 27.0. The van der Waals surface area contributed by atoms with Crippen molar-refractivity contribution >= 4 is 22.5 Å². The predicted molar refractivity (Wildman–Crippen MR) is 112 cm³/mol. The topological polar surface area (TPSA) is 94.9 Å². The van der Waals surface area contributed by atoms with Crippen molar-refractivity contribution < 1.29 is 9.53 Å². The van der Waals surface area contributed by atoms with Crippen LogP contribution >= 0.6 is 0 Å². The van der Waals surface area contributed by atoms with Gasteiger partial charge in [-0.1, -0.05) is 12.1 Å². The molecule has 1 fully saturated rings. The van der Waals surface area contributed by atoms with E-state index in [2.05, 4.69) is 33.2 Å². The number of H-pyrrole nitrogens is 1. The molecule has 1 unspecified atom stereocenters. The molecule has 7 heteroatoms. The van der Waals surface area contributed by atoms with Gasteiger partial charge < -0.3 is 14.6 Å². The van der Waals surface area contributed by atoms with Crippen molar-refractivity contribution in [2.45, 2.75) is 12.8 Å². The number of hydrogen-bond acceptors (Lipinski definition) is 5. The van der Waals surface area contributed by atoms with Gasteiger partial charge in [-0.3, -0.25) is 4.79 Å². The molecule has 5 heterocycles. The third-order valence-electron chi connectivity index (χ3n) is 5.70. The number of rotatable bonds is 3. The van der Waals surface area contributed by atoms with Crippen molar-refractivity contribution in [2.24, 2.45) is 5.92 Å². The summed E-state index contributed by atoms with van der Waals surface area (Å²) in [6.45, 7) is 2.45. The molecule has 7 nitrogen and oxygen atoms in total. The third-order valence-corrected chi connectivity index (χ3v) is 5.70. The van der Waals surface area contributed by atoms with Crippen LogP contribution < -0.4 is 0 Å². The van der Waals surface area contributed by atoms with Crippen LogP contribution in [0.25, 0.3) is 27.9 Å². The van der Waals surface area contributed by atoms with E-state index < -0.39 is 0 Å². The van der Waals surface area contributed by atoms with Crippen LogP contribution in [0.2, 0.25) is 0 Å². The number of carbonyl (C=O) groups excluding carboxylic acids is 1. The van der Waals surface area contributed by atoms with E-state index in [1.54, 1.807) is 17.2 Å². The zero-order chi connectivity index (χ0) is 20.5. The number of aromatic amines is 1. The van der Waals surface area contributed by atoms with Crippen LogP contribution in [-0.2, 0) is 4.74 Å². The van der Waals surface area contributed by atoms with E-state index >= 15 is 0 Å². The van der Waals surface area contributed by atoms with Gasteiger partial charge in [0.25, 0.3) is 5.91 Å². The Morgan fingerprint density at radius 2 is 2.27 bits per heavy atom. The van der Waals surface area contributed by atoms with Crippen LogP contribution in [-0.4, -0.2) is 52.1 Å². The maximum absolute atomic E-state index is 12.8. The largest absolute Gasteiger partial charge is 0.377 e. The van der Waals surface area contributed by atoms with Crippen LogP contribution in [0, 0.1) is 17.2 Å². The second-order valence-corrected chi connectivity index (χ2v) is 7.67. The van der Waals surface area contributed by atoms with Crippen molar-refractivity contribution in [1.29, 1.82) is 5.26 Å². The Kier molecular flexibility index (Phi) is 4.77. The van der Waals surface area contributed by atoms with Crippen molar-refractivity contribution in [2.75, 3.05) is 26.3 Å². The second-order valence-electron chi connectivity index (χ2n) is 7.67. The Morgan fingerprint density at radius 1 is 1.33 bits per heavy atom. The van der Waals surface area contributed by atoms with E-state index in [1.165, 1.54) is 5.57 Å². The molecule has 0 saturated carbocycles. The van der Waals surface area contributed by atoms with Crippen LogP contribution in [0.3, 0.4) is 0 Å². The number of nitrogens with one attached hydrogen (secondary N) is 1. The molecule has 2 aliphatic rings. The molecule has 0 spiro atoms. The highest BCUT2D eigenvalue weighted by molar-refractivity contribution is 5.93.